The van der Waals surface area contributed by atoms with Crippen molar-refractivity contribution in [1.29, 1.82) is 0 Å². The number of carbonyl (C=O) groups is 2. The molecule has 0 radical (unpaired) electrons. The minimum Gasteiger partial charge on any atom is -0.370 e. The number of anilines is 1. The summed E-state index contributed by atoms with van der Waals surface area (Å²) in [5.41, 5.74) is 0.691. The number of para-hydroxylation sites is 1. The van der Waals surface area contributed by atoms with Crippen LogP contribution in [0, 0.1) is 11.8 Å². The van der Waals surface area contributed by atoms with E-state index in [4.69, 9.17) is 4.74 Å². The molecule has 18 heavy (non-hydrogen) atoms. The second-order valence-electron chi connectivity index (χ2n) is 5.24. The fourth-order valence-electron chi connectivity index (χ4n) is 3.24. The van der Waals surface area contributed by atoms with Gasteiger partial charge in [-0.1, -0.05) is 18.2 Å². The van der Waals surface area contributed by atoms with Gasteiger partial charge in [-0.05, 0) is 25.0 Å². The van der Waals surface area contributed by atoms with E-state index in [1.807, 2.05) is 30.3 Å². The summed E-state index contributed by atoms with van der Waals surface area (Å²) >= 11 is 0. The minimum atomic E-state index is -0.165. The molecule has 0 N–H and O–H groups in total. The zero-order valence-corrected chi connectivity index (χ0v) is 9.78. The summed E-state index contributed by atoms with van der Waals surface area (Å²) in [6.07, 6.45) is 1.87. The number of imide groups is 1. The lowest BCUT2D eigenvalue weighted by Gasteiger charge is -2.16. The third-order valence-electron chi connectivity index (χ3n) is 4.24. The van der Waals surface area contributed by atoms with Gasteiger partial charge in [0.25, 0.3) is 0 Å². The molecule has 2 heterocycles. The SMILES string of the molecule is O=C1[C@H]2C[C@@H]3O[C@@H]3C[C@H]2C(=O)N1c1ccccc1. The molecule has 2 amide bonds. The maximum absolute atomic E-state index is 12.4. The molecule has 4 heteroatoms. The van der Waals surface area contributed by atoms with Crippen LogP contribution < -0.4 is 4.90 Å². The molecule has 4 rings (SSSR count). The molecular formula is C14H13NO3. The maximum atomic E-state index is 12.4. The van der Waals surface area contributed by atoms with E-state index in [0.717, 1.165) is 0 Å². The van der Waals surface area contributed by atoms with E-state index in [1.54, 1.807) is 0 Å². The average molecular weight is 243 g/mol. The Labute approximate surface area is 105 Å². The molecule has 3 fully saturated rings. The molecule has 1 aromatic rings. The maximum Gasteiger partial charge on any atom is 0.237 e. The number of amides is 2. The summed E-state index contributed by atoms with van der Waals surface area (Å²) in [7, 11) is 0. The molecule has 0 aromatic heterocycles. The Morgan fingerprint density at radius 1 is 0.944 bits per heavy atom. The van der Waals surface area contributed by atoms with Crippen LogP contribution in [0.5, 0.6) is 0 Å². The third-order valence-corrected chi connectivity index (χ3v) is 4.24. The summed E-state index contributed by atoms with van der Waals surface area (Å²) in [5.74, 6) is -0.432. The molecule has 0 bridgehead atoms. The Morgan fingerprint density at radius 3 is 2.06 bits per heavy atom. The predicted octanol–water partition coefficient (Wildman–Crippen LogP) is 1.35. The molecule has 0 spiro atoms. The Morgan fingerprint density at radius 2 is 1.50 bits per heavy atom. The van der Waals surface area contributed by atoms with E-state index in [0.29, 0.717) is 18.5 Å². The van der Waals surface area contributed by atoms with Gasteiger partial charge in [0.05, 0.1) is 29.7 Å². The second kappa shape index (κ2) is 3.42. The van der Waals surface area contributed by atoms with Crippen molar-refractivity contribution in [2.75, 3.05) is 4.90 Å². The van der Waals surface area contributed by atoms with E-state index in [-0.39, 0.29) is 35.9 Å². The van der Waals surface area contributed by atoms with Gasteiger partial charge >= 0.3 is 0 Å². The summed E-state index contributed by atoms with van der Waals surface area (Å²) in [6, 6.07) is 9.19. The first kappa shape index (κ1) is 10.3. The van der Waals surface area contributed by atoms with Gasteiger partial charge in [-0.2, -0.15) is 0 Å². The van der Waals surface area contributed by atoms with Crippen LogP contribution >= 0.6 is 0 Å². The van der Waals surface area contributed by atoms with Gasteiger partial charge in [-0.3, -0.25) is 14.5 Å². The van der Waals surface area contributed by atoms with E-state index in [1.165, 1.54) is 4.90 Å². The zero-order chi connectivity index (χ0) is 12.3. The highest BCUT2D eigenvalue weighted by molar-refractivity contribution is 6.22. The highest BCUT2D eigenvalue weighted by Crippen LogP contribution is 2.47. The van der Waals surface area contributed by atoms with Crippen LogP contribution in [0.1, 0.15) is 12.8 Å². The lowest BCUT2D eigenvalue weighted by molar-refractivity contribution is -0.122. The highest BCUT2D eigenvalue weighted by atomic mass is 16.6. The van der Waals surface area contributed by atoms with Crippen molar-refractivity contribution in [3.05, 3.63) is 30.3 Å². The van der Waals surface area contributed by atoms with Gasteiger partial charge in [0.1, 0.15) is 0 Å². The molecule has 3 aliphatic rings. The Balaban J connectivity index is 1.70. The first-order chi connectivity index (χ1) is 8.75. The van der Waals surface area contributed by atoms with Crippen LogP contribution in [0.2, 0.25) is 0 Å². The molecule has 2 saturated heterocycles. The Hall–Kier alpha value is -1.68. The van der Waals surface area contributed by atoms with Crippen molar-refractivity contribution in [3.63, 3.8) is 0 Å². The Kier molecular flexibility index (Phi) is 1.95. The molecule has 1 aliphatic carbocycles. The smallest absolute Gasteiger partial charge is 0.237 e. The molecule has 1 aromatic carbocycles. The van der Waals surface area contributed by atoms with E-state index in [2.05, 4.69) is 0 Å². The van der Waals surface area contributed by atoms with Crippen molar-refractivity contribution >= 4 is 17.5 Å². The van der Waals surface area contributed by atoms with Gasteiger partial charge in [0.15, 0.2) is 0 Å². The number of hydrogen-bond acceptors (Lipinski definition) is 3. The standard InChI is InChI=1S/C14H13NO3/c16-13-9-6-11-12(18-11)7-10(9)14(17)15(13)8-4-2-1-3-5-8/h1-5,9-12H,6-7H2/t9-,10+,11-,12+. The molecular weight excluding hydrogens is 230 g/mol. The van der Waals surface area contributed by atoms with Crippen molar-refractivity contribution < 1.29 is 14.3 Å². The quantitative estimate of drug-likeness (QED) is 0.552. The topological polar surface area (TPSA) is 49.9 Å². The molecule has 4 atom stereocenters. The van der Waals surface area contributed by atoms with Crippen molar-refractivity contribution in [2.24, 2.45) is 11.8 Å². The van der Waals surface area contributed by atoms with Gasteiger partial charge in [-0.25, -0.2) is 0 Å². The summed E-state index contributed by atoms with van der Waals surface area (Å²) in [4.78, 5) is 26.1. The van der Waals surface area contributed by atoms with Crippen LogP contribution in [0.15, 0.2) is 30.3 Å². The third kappa shape index (κ3) is 1.29. The highest BCUT2D eigenvalue weighted by Gasteiger charge is 2.58. The van der Waals surface area contributed by atoms with E-state index in [9.17, 15) is 9.59 Å². The van der Waals surface area contributed by atoms with Gasteiger partial charge in [0, 0.05) is 0 Å². The van der Waals surface area contributed by atoms with Gasteiger partial charge < -0.3 is 4.74 Å². The lowest BCUT2D eigenvalue weighted by Crippen LogP contribution is -2.30. The molecule has 4 nitrogen and oxygen atoms in total. The monoisotopic (exact) mass is 243 g/mol. The Bertz CT molecular complexity index is 499. The number of rotatable bonds is 1. The van der Waals surface area contributed by atoms with Gasteiger partial charge in [-0.15, -0.1) is 0 Å². The van der Waals surface area contributed by atoms with Crippen LogP contribution in [-0.4, -0.2) is 24.0 Å². The first-order valence-corrected chi connectivity index (χ1v) is 6.34. The number of carbonyl (C=O) groups excluding carboxylic acids is 2. The molecule has 1 saturated carbocycles. The van der Waals surface area contributed by atoms with Crippen LogP contribution in [0.25, 0.3) is 0 Å². The fraction of sp³-hybridized carbons (Fsp3) is 0.429. The zero-order valence-electron chi connectivity index (χ0n) is 9.78. The van der Waals surface area contributed by atoms with E-state index < -0.39 is 0 Å². The molecule has 0 unspecified atom stereocenters. The number of fused-ring (bicyclic) bond motifs is 2. The van der Waals surface area contributed by atoms with Crippen molar-refractivity contribution in [1.82, 2.24) is 0 Å². The van der Waals surface area contributed by atoms with Crippen molar-refractivity contribution in [2.45, 2.75) is 25.0 Å². The summed E-state index contributed by atoms with van der Waals surface area (Å²) in [6.45, 7) is 0. The minimum absolute atomic E-state index is 0.0508. The number of ether oxygens (including phenoxy) is 1. The number of hydrogen-bond donors (Lipinski definition) is 0. The van der Waals surface area contributed by atoms with Crippen molar-refractivity contribution in [3.8, 4) is 0 Å². The van der Waals surface area contributed by atoms with Crippen LogP contribution in [0.4, 0.5) is 5.69 Å². The average Bonchev–Trinajstić information content (AvgIpc) is 3.11. The first-order valence-electron chi connectivity index (χ1n) is 6.34. The van der Waals surface area contributed by atoms with Gasteiger partial charge in [0.2, 0.25) is 11.8 Å². The summed E-state index contributed by atoms with van der Waals surface area (Å²) in [5, 5.41) is 0. The number of epoxide rings is 1. The van der Waals surface area contributed by atoms with E-state index >= 15 is 0 Å². The number of nitrogens with zero attached hydrogens (tertiary/aromatic N) is 1. The fourth-order valence-corrected chi connectivity index (χ4v) is 3.24. The second-order valence-corrected chi connectivity index (χ2v) is 5.24. The normalized spacial score (nSPS) is 37.4. The molecule has 2 aliphatic heterocycles. The predicted molar refractivity (Wildman–Crippen MR) is 63.8 cm³/mol. The lowest BCUT2D eigenvalue weighted by atomic mass is 9.81. The van der Waals surface area contributed by atoms with Crippen LogP contribution in [0.3, 0.4) is 0 Å². The summed E-state index contributed by atoms with van der Waals surface area (Å²) < 4.78 is 5.43. The number of benzene rings is 1. The largest absolute Gasteiger partial charge is 0.370 e. The van der Waals surface area contributed by atoms with Crippen LogP contribution in [-0.2, 0) is 14.3 Å². The molecule has 92 valence electrons.